The molecule has 0 aliphatic carbocycles. The molecule has 41 heavy (non-hydrogen) atoms. The molecule has 4 rings (SSSR count). The van der Waals surface area contributed by atoms with Gasteiger partial charge >= 0.3 is 11.8 Å². The minimum atomic E-state index is -0.695. The van der Waals surface area contributed by atoms with Gasteiger partial charge in [-0.15, -0.1) is 0 Å². The van der Waals surface area contributed by atoms with E-state index in [1.165, 1.54) is 4.57 Å². The maximum absolute atomic E-state index is 12.9. The molecule has 1 aromatic carbocycles. The van der Waals surface area contributed by atoms with Crippen LogP contribution >= 0.6 is 0 Å². The fourth-order valence-corrected chi connectivity index (χ4v) is 5.30. The van der Waals surface area contributed by atoms with Crippen molar-refractivity contribution in [3.05, 3.63) is 34.2 Å². The van der Waals surface area contributed by atoms with Crippen LogP contribution in [0.2, 0.25) is 0 Å². The Morgan fingerprint density at radius 1 is 1.07 bits per heavy atom. The van der Waals surface area contributed by atoms with Crippen LogP contribution < -0.4 is 21.6 Å². The van der Waals surface area contributed by atoms with Gasteiger partial charge in [0.05, 0.1) is 23.7 Å². The van der Waals surface area contributed by atoms with Gasteiger partial charge in [0.25, 0.3) is 0 Å². The van der Waals surface area contributed by atoms with E-state index >= 15 is 0 Å². The molecule has 2 aliphatic heterocycles. The number of hydrogen-bond acceptors (Lipinski definition) is 7. The summed E-state index contributed by atoms with van der Waals surface area (Å²) in [6.45, 7) is 6.24. The lowest BCUT2D eigenvalue weighted by Gasteiger charge is -2.29. The monoisotopic (exact) mass is 571 g/mol. The highest BCUT2D eigenvalue weighted by Gasteiger charge is 2.31. The topological polar surface area (TPSA) is 150 Å². The zero-order chi connectivity index (χ0) is 29.7. The number of ether oxygens (including phenoxy) is 2. The van der Waals surface area contributed by atoms with Crippen LogP contribution in [0.1, 0.15) is 77.3 Å². The molecule has 3 heterocycles. The summed E-state index contributed by atoms with van der Waals surface area (Å²) >= 11 is 0. The number of fused-ring (bicyclic) bond motifs is 1. The molecule has 2 aliphatic rings. The number of imidazole rings is 1. The zero-order valence-electron chi connectivity index (χ0n) is 24.3. The molecule has 0 radical (unpaired) electrons. The van der Waals surface area contributed by atoms with Gasteiger partial charge in [-0.3, -0.25) is 28.8 Å². The number of aryl methyl sites for hydroxylation is 2. The smallest absolute Gasteiger partial charge is 0.407 e. The van der Waals surface area contributed by atoms with Crippen LogP contribution in [0, 0.1) is 0 Å². The van der Waals surface area contributed by atoms with Crippen LogP contribution in [0.25, 0.3) is 11.0 Å². The minimum Gasteiger partial charge on any atom is -0.444 e. The number of aromatic nitrogens is 2. The summed E-state index contributed by atoms with van der Waals surface area (Å²) in [7, 11) is 1.69. The van der Waals surface area contributed by atoms with Crippen molar-refractivity contribution >= 4 is 34.8 Å². The Hall–Kier alpha value is -3.67. The van der Waals surface area contributed by atoms with E-state index in [1.807, 2.05) is 18.2 Å². The van der Waals surface area contributed by atoms with E-state index in [-0.39, 0.29) is 36.6 Å². The van der Waals surface area contributed by atoms with Gasteiger partial charge in [-0.1, -0.05) is 12.5 Å². The van der Waals surface area contributed by atoms with E-state index in [0.717, 1.165) is 36.8 Å². The number of hydrogen-bond donors (Lipinski definition) is 3. The molecular weight excluding hydrogens is 530 g/mol. The third-order valence-electron chi connectivity index (χ3n) is 7.41. The van der Waals surface area contributed by atoms with Gasteiger partial charge in [0.1, 0.15) is 17.7 Å². The van der Waals surface area contributed by atoms with Crippen molar-refractivity contribution in [1.29, 1.82) is 0 Å². The van der Waals surface area contributed by atoms with Gasteiger partial charge in [-0.2, -0.15) is 0 Å². The summed E-state index contributed by atoms with van der Waals surface area (Å²) in [4.78, 5) is 61.2. The van der Waals surface area contributed by atoms with Gasteiger partial charge in [-0.25, -0.2) is 9.59 Å². The molecule has 2 aromatic rings. The molecule has 3 N–H and O–H groups in total. The molecule has 0 spiro atoms. The SMILES string of the molecule is Cn1c(=O)n(C2CCC(=O)NC2=O)c2ccc(CCCCCNC(=O)[C@@H]3CC[C@@H](NC(=O)OC(C)(C)C)CO3)cc21. The number of alkyl carbamates (subject to hydrolysis) is 1. The van der Waals surface area contributed by atoms with Crippen LogP contribution in [0.4, 0.5) is 4.79 Å². The number of carbonyl (C=O) groups excluding carboxylic acids is 4. The van der Waals surface area contributed by atoms with Crippen molar-refractivity contribution in [1.82, 2.24) is 25.1 Å². The number of nitrogens with zero attached hydrogens (tertiary/aromatic N) is 2. The lowest BCUT2D eigenvalue weighted by Crippen LogP contribution is -2.48. The summed E-state index contributed by atoms with van der Waals surface area (Å²) < 4.78 is 14.0. The molecule has 1 aromatic heterocycles. The molecule has 12 heteroatoms. The molecule has 224 valence electrons. The quantitative estimate of drug-likeness (QED) is 0.309. The Morgan fingerprint density at radius 2 is 1.85 bits per heavy atom. The second-order valence-electron chi connectivity index (χ2n) is 11.8. The predicted octanol–water partition coefficient (Wildman–Crippen LogP) is 2.22. The van der Waals surface area contributed by atoms with E-state index in [4.69, 9.17) is 9.47 Å². The normalized spacial score (nSPS) is 21.4. The summed E-state index contributed by atoms with van der Waals surface area (Å²) in [6.07, 6.45) is 4.17. The van der Waals surface area contributed by atoms with Crippen molar-refractivity contribution in [3.8, 4) is 0 Å². The Balaban J connectivity index is 1.17. The van der Waals surface area contributed by atoms with Crippen LogP contribution in [0.3, 0.4) is 0 Å². The number of piperidine rings is 1. The molecular formula is C29H41N5O7. The van der Waals surface area contributed by atoms with Crippen molar-refractivity contribution in [2.45, 2.75) is 95.9 Å². The lowest BCUT2D eigenvalue weighted by atomic mass is 10.0. The molecule has 0 saturated carbocycles. The van der Waals surface area contributed by atoms with E-state index < -0.39 is 29.7 Å². The molecule has 2 saturated heterocycles. The molecule has 12 nitrogen and oxygen atoms in total. The fourth-order valence-electron chi connectivity index (χ4n) is 5.30. The average Bonchev–Trinajstić information content (AvgIpc) is 3.14. The second kappa shape index (κ2) is 12.9. The summed E-state index contributed by atoms with van der Waals surface area (Å²) in [5.74, 6) is -0.888. The van der Waals surface area contributed by atoms with Gasteiger partial charge in [0.15, 0.2) is 0 Å². The van der Waals surface area contributed by atoms with Crippen molar-refractivity contribution in [2.24, 2.45) is 7.05 Å². The zero-order valence-corrected chi connectivity index (χ0v) is 24.3. The number of nitrogens with one attached hydrogen (secondary N) is 3. The maximum atomic E-state index is 12.9. The first-order chi connectivity index (χ1) is 19.4. The first-order valence-corrected chi connectivity index (χ1v) is 14.4. The van der Waals surface area contributed by atoms with Gasteiger partial charge in [0.2, 0.25) is 17.7 Å². The highest BCUT2D eigenvalue weighted by molar-refractivity contribution is 6.00. The number of imide groups is 1. The maximum Gasteiger partial charge on any atom is 0.407 e. The minimum absolute atomic E-state index is 0.132. The third-order valence-corrected chi connectivity index (χ3v) is 7.41. The van der Waals surface area contributed by atoms with E-state index in [9.17, 15) is 24.0 Å². The first kappa shape index (κ1) is 30.3. The Bertz CT molecular complexity index is 1350. The fraction of sp³-hybridized carbons (Fsp3) is 0.621. The predicted molar refractivity (Wildman–Crippen MR) is 151 cm³/mol. The number of benzene rings is 1. The Labute approximate surface area is 239 Å². The van der Waals surface area contributed by atoms with Gasteiger partial charge in [0, 0.05) is 20.0 Å². The van der Waals surface area contributed by atoms with Crippen molar-refractivity contribution in [3.63, 3.8) is 0 Å². The van der Waals surface area contributed by atoms with Crippen LogP contribution in [0.15, 0.2) is 23.0 Å². The number of unbranched alkanes of at least 4 members (excludes halogenated alkanes) is 2. The number of carbonyl (C=O) groups is 4. The largest absolute Gasteiger partial charge is 0.444 e. The van der Waals surface area contributed by atoms with E-state index in [0.29, 0.717) is 31.3 Å². The molecule has 2 fully saturated rings. The van der Waals surface area contributed by atoms with E-state index in [2.05, 4.69) is 16.0 Å². The highest BCUT2D eigenvalue weighted by atomic mass is 16.6. The summed E-state index contributed by atoms with van der Waals surface area (Å²) in [6, 6.07) is 4.95. The molecule has 4 amide bonds. The number of amides is 4. The average molecular weight is 572 g/mol. The molecule has 1 unspecified atom stereocenters. The van der Waals surface area contributed by atoms with Gasteiger partial charge in [-0.05, 0) is 77.0 Å². The Kier molecular flexibility index (Phi) is 9.52. The van der Waals surface area contributed by atoms with Crippen LogP contribution in [0.5, 0.6) is 0 Å². The summed E-state index contributed by atoms with van der Waals surface area (Å²) in [5, 5.41) is 8.06. The Morgan fingerprint density at radius 3 is 2.54 bits per heavy atom. The van der Waals surface area contributed by atoms with E-state index in [1.54, 1.807) is 32.4 Å². The van der Waals surface area contributed by atoms with Crippen molar-refractivity contribution < 1.29 is 28.7 Å². The second-order valence-corrected chi connectivity index (χ2v) is 11.8. The highest BCUT2D eigenvalue weighted by Crippen LogP contribution is 2.24. The lowest BCUT2D eigenvalue weighted by molar-refractivity contribution is -0.137. The number of rotatable bonds is 9. The summed E-state index contributed by atoms with van der Waals surface area (Å²) in [5.41, 5.74) is 1.67. The molecule has 0 bridgehead atoms. The standard InChI is InChI=1S/C29H41N5O7/c1-29(2,3)41-27(38)31-19-10-13-23(40-17-19)26(37)30-15-7-5-6-8-18-9-11-20-22(16-18)33(4)28(39)34(20)21-12-14-24(35)32-25(21)36/h9,11,16,19,21,23H,5-8,10,12-15,17H2,1-4H3,(H,30,37)(H,31,38)(H,32,35,36)/t19-,21?,23+/m1/s1. The van der Waals surface area contributed by atoms with Gasteiger partial charge < -0.3 is 20.1 Å². The van der Waals surface area contributed by atoms with Crippen LogP contribution in [-0.2, 0) is 37.3 Å². The third kappa shape index (κ3) is 7.75. The van der Waals surface area contributed by atoms with Crippen LogP contribution in [-0.4, -0.2) is 63.8 Å². The molecule has 3 atom stereocenters. The first-order valence-electron chi connectivity index (χ1n) is 14.4. The van der Waals surface area contributed by atoms with Crippen molar-refractivity contribution in [2.75, 3.05) is 13.2 Å².